The van der Waals surface area contributed by atoms with E-state index in [-0.39, 0.29) is 4.21 Å². The Morgan fingerprint density at radius 3 is 2.73 bits per heavy atom. The number of aryl methyl sites for hydroxylation is 1. The first kappa shape index (κ1) is 17.4. The van der Waals surface area contributed by atoms with Gasteiger partial charge >= 0.3 is 0 Å². The van der Waals surface area contributed by atoms with Gasteiger partial charge < -0.3 is 9.64 Å². The Kier molecular flexibility index (Phi) is 5.99. The number of nitrogens with zero attached hydrogens (tertiary/aromatic N) is 2. The molecular weight excluding hydrogens is 322 g/mol. The van der Waals surface area contributed by atoms with Gasteiger partial charge in [0.1, 0.15) is 4.21 Å². The van der Waals surface area contributed by atoms with E-state index >= 15 is 0 Å². The van der Waals surface area contributed by atoms with Crippen molar-refractivity contribution < 1.29 is 13.2 Å². The Labute approximate surface area is 136 Å². The number of likely N-dealkylation sites (N-methyl/N-ethyl adjacent to an activating group) is 1. The second-order valence-corrected chi connectivity index (χ2v) is 8.42. The molecule has 0 radical (unpaired) electrons. The lowest BCUT2D eigenvalue weighted by Crippen LogP contribution is -2.39. The third-order valence-corrected chi connectivity index (χ3v) is 6.08. The summed E-state index contributed by atoms with van der Waals surface area (Å²) in [6, 6.07) is 1.63. The van der Waals surface area contributed by atoms with E-state index in [1.165, 1.54) is 11.3 Å². The molecule has 0 spiro atoms. The van der Waals surface area contributed by atoms with Crippen LogP contribution in [0, 0.1) is 6.92 Å². The lowest BCUT2D eigenvalue weighted by atomic mass is 10.2. The summed E-state index contributed by atoms with van der Waals surface area (Å²) in [6.45, 7) is 7.40. The number of primary sulfonamides is 1. The van der Waals surface area contributed by atoms with Crippen LogP contribution in [-0.2, 0) is 14.8 Å². The summed E-state index contributed by atoms with van der Waals surface area (Å²) in [5, 5.41) is 5.16. The Morgan fingerprint density at radius 1 is 1.45 bits per heavy atom. The molecule has 124 valence electrons. The Hall–Kier alpha value is -0.930. The van der Waals surface area contributed by atoms with Crippen LogP contribution in [0.15, 0.2) is 16.5 Å². The average Bonchev–Trinajstić information content (AvgIpc) is 2.85. The molecule has 22 heavy (non-hydrogen) atoms. The highest BCUT2D eigenvalue weighted by molar-refractivity contribution is 7.91. The molecule has 8 heteroatoms. The Balaban J connectivity index is 1.89. The SMILES string of the molecule is Cc1sc(S(N)(=O)=O)cc1/C=C\N(C)CCN1CCOCC1. The van der Waals surface area contributed by atoms with Crippen molar-refractivity contribution in [3.8, 4) is 0 Å². The summed E-state index contributed by atoms with van der Waals surface area (Å²) in [6.07, 6.45) is 3.91. The fraction of sp³-hybridized carbons (Fsp3) is 0.571. The van der Waals surface area contributed by atoms with Crippen molar-refractivity contribution in [2.45, 2.75) is 11.1 Å². The van der Waals surface area contributed by atoms with Crippen molar-refractivity contribution >= 4 is 27.4 Å². The van der Waals surface area contributed by atoms with Gasteiger partial charge in [-0.2, -0.15) is 0 Å². The number of sulfonamides is 1. The third-order valence-electron chi connectivity index (χ3n) is 3.60. The molecule has 1 aliphatic rings. The van der Waals surface area contributed by atoms with Crippen LogP contribution in [0.25, 0.3) is 6.08 Å². The molecule has 2 rings (SSSR count). The van der Waals surface area contributed by atoms with Crippen molar-refractivity contribution in [1.82, 2.24) is 9.80 Å². The van der Waals surface area contributed by atoms with Gasteiger partial charge in [0, 0.05) is 38.1 Å². The van der Waals surface area contributed by atoms with E-state index < -0.39 is 10.0 Å². The van der Waals surface area contributed by atoms with E-state index in [0.29, 0.717) is 0 Å². The summed E-state index contributed by atoms with van der Waals surface area (Å²) < 4.78 is 28.2. The topological polar surface area (TPSA) is 75.9 Å². The van der Waals surface area contributed by atoms with Gasteiger partial charge in [0.2, 0.25) is 10.0 Å². The van der Waals surface area contributed by atoms with Crippen LogP contribution in [0.5, 0.6) is 0 Å². The minimum Gasteiger partial charge on any atom is -0.379 e. The zero-order chi connectivity index (χ0) is 16.2. The normalized spacial score (nSPS) is 17.2. The van der Waals surface area contributed by atoms with Crippen LogP contribution in [0.4, 0.5) is 0 Å². The Morgan fingerprint density at radius 2 is 2.14 bits per heavy atom. The fourth-order valence-corrected chi connectivity index (χ4v) is 4.04. The van der Waals surface area contributed by atoms with E-state index in [4.69, 9.17) is 9.88 Å². The molecule has 0 aromatic carbocycles. The Bertz CT molecular complexity index is 619. The summed E-state index contributed by atoms with van der Waals surface area (Å²) in [5.41, 5.74) is 0.896. The van der Waals surface area contributed by atoms with Crippen LogP contribution < -0.4 is 5.14 Å². The lowest BCUT2D eigenvalue weighted by Gasteiger charge is -2.28. The van der Waals surface area contributed by atoms with Crippen molar-refractivity contribution in [2.24, 2.45) is 5.14 Å². The molecule has 0 bridgehead atoms. The summed E-state index contributed by atoms with van der Waals surface area (Å²) in [4.78, 5) is 5.42. The van der Waals surface area contributed by atoms with Gasteiger partial charge in [-0.05, 0) is 30.8 Å². The molecule has 1 saturated heterocycles. The van der Waals surface area contributed by atoms with Crippen LogP contribution in [0.3, 0.4) is 0 Å². The van der Waals surface area contributed by atoms with Gasteiger partial charge in [-0.1, -0.05) is 0 Å². The zero-order valence-electron chi connectivity index (χ0n) is 13.0. The number of hydrogen-bond acceptors (Lipinski definition) is 6. The molecule has 2 heterocycles. The van der Waals surface area contributed by atoms with E-state index in [0.717, 1.165) is 49.8 Å². The molecule has 0 amide bonds. The first-order chi connectivity index (χ1) is 10.4. The molecule has 1 aliphatic heterocycles. The largest absolute Gasteiger partial charge is 0.379 e. The first-order valence-corrected chi connectivity index (χ1v) is 9.54. The quantitative estimate of drug-likeness (QED) is 0.830. The molecule has 0 unspecified atom stereocenters. The van der Waals surface area contributed by atoms with E-state index in [1.807, 2.05) is 26.2 Å². The summed E-state index contributed by atoms with van der Waals surface area (Å²) in [5.74, 6) is 0. The molecule has 6 nitrogen and oxygen atoms in total. The van der Waals surface area contributed by atoms with Gasteiger partial charge in [-0.3, -0.25) is 4.90 Å². The predicted octanol–water partition coefficient (Wildman–Crippen LogP) is 0.939. The standard InChI is InChI=1S/C14H23N3O3S2/c1-12-13(11-14(21-12)22(15,18)19)3-4-16(2)5-6-17-7-9-20-10-8-17/h3-4,11H,5-10H2,1-2H3,(H2,15,18,19)/b4-3-. The molecule has 0 saturated carbocycles. The molecule has 0 aliphatic carbocycles. The highest BCUT2D eigenvalue weighted by Gasteiger charge is 2.13. The third kappa shape index (κ3) is 5.06. The van der Waals surface area contributed by atoms with Gasteiger partial charge in [-0.25, -0.2) is 13.6 Å². The maximum atomic E-state index is 11.4. The van der Waals surface area contributed by atoms with Crippen LogP contribution in [-0.4, -0.2) is 64.7 Å². The minimum absolute atomic E-state index is 0.209. The van der Waals surface area contributed by atoms with Crippen molar-refractivity contribution in [3.63, 3.8) is 0 Å². The number of ether oxygens (including phenoxy) is 1. The van der Waals surface area contributed by atoms with Gasteiger partial charge in [0.25, 0.3) is 0 Å². The highest BCUT2D eigenvalue weighted by atomic mass is 32.2. The lowest BCUT2D eigenvalue weighted by molar-refractivity contribution is 0.0360. The van der Waals surface area contributed by atoms with Crippen molar-refractivity contribution in [2.75, 3.05) is 46.4 Å². The highest BCUT2D eigenvalue weighted by Crippen LogP contribution is 2.25. The molecular formula is C14H23N3O3S2. The molecule has 1 aromatic heterocycles. The first-order valence-electron chi connectivity index (χ1n) is 7.18. The van der Waals surface area contributed by atoms with E-state index in [2.05, 4.69) is 9.80 Å². The monoisotopic (exact) mass is 345 g/mol. The van der Waals surface area contributed by atoms with Crippen LogP contribution in [0.2, 0.25) is 0 Å². The smallest absolute Gasteiger partial charge is 0.247 e. The van der Waals surface area contributed by atoms with E-state index in [1.54, 1.807) is 6.07 Å². The molecule has 2 N–H and O–H groups in total. The molecule has 1 fully saturated rings. The second kappa shape index (κ2) is 7.56. The summed E-state index contributed by atoms with van der Waals surface area (Å²) >= 11 is 1.20. The number of thiophene rings is 1. The minimum atomic E-state index is -3.62. The van der Waals surface area contributed by atoms with Crippen molar-refractivity contribution in [1.29, 1.82) is 0 Å². The maximum absolute atomic E-state index is 11.4. The fourth-order valence-electron chi connectivity index (χ4n) is 2.18. The summed E-state index contributed by atoms with van der Waals surface area (Å²) in [7, 11) is -1.60. The number of hydrogen-bond donors (Lipinski definition) is 1. The predicted molar refractivity (Wildman–Crippen MR) is 89.4 cm³/mol. The number of morpholine rings is 1. The van der Waals surface area contributed by atoms with Crippen LogP contribution in [0.1, 0.15) is 10.4 Å². The van der Waals surface area contributed by atoms with Gasteiger partial charge in [-0.15, -0.1) is 11.3 Å². The van der Waals surface area contributed by atoms with Crippen molar-refractivity contribution in [3.05, 3.63) is 22.7 Å². The molecule has 0 atom stereocenters. The number of nitrogens with two attached hydrogens (primary N) is 1. The zero-order valence-corrected chi connectivity index (χ0v) is 14.6. The maximum Gasteiger partial charge on any atom is 0.247 e. The van der Waals surface area contributed by atoms with Gasteiger partial charge in [0.15, 0.2) is 0 Å². The number of rotatable bonds is 6. The van der Waals surface area contributed by atoms with Gasteiger partial charge in [0.05, 0.1) is 13.2 Å². The van der Waals surface area contributed by atoms with E-state index in [9.17, 15) is 8.42 Å². The average molecular weight is 345 g/mol. The second-order valence-electron chi connectivity index (χ2n) is 5.37. The molecule has 1 aromatic rings. The van der Waals surface area contributed by atoms with Crippen LogP contribution >= 0.6 is 11.3 Å².